The third-order valence-electron chi connectivity index (χ3n) is 3.97. The van der Waals surface area contributed by atoms with Gasteiger partial charge in [-0.15, -0.1) is 0 Å². The monoisotopic (exact) mass is 373 g/mol. The first kappa shape index (κ1) is 17.9. The Kier molecular flexibility index (Phi) is 5.20. The standard InChI is InChI=1S/C18H16ClN3O4/c19-15-8-11-7-13(21-14(11)9-20-15)17(24)22-12(16(23)18(25)26)6-10-4-2-1-3-5-10/h1-5,7-9,12,16,21,23H,6H2,(H,22,24)(H,25,26)/t12?,16-/m1/s1. The van der Waals surface area contributed by atoms with Crippen LogP contribution in [0.5, 0.6) is 0 Å². The van der Waals surface area contributed by atoms with Crippen molar-refractivity contribution in [2.45, 2.75) is 18.6 Å². The fourth-order valence-electron chi connectivity index (χ4n) is 2.65. The molecule has 26 heavy (non-hydrogen) atoms. The zero-order valence-corrected chi connectivity index (χ0v) is 14.3. The molecule has 1 unspecified atom stereocenters. The molecule has 1 amide bonds. The van der Waals surface area contributed by atoms with Crippen LogP contribution in [0.25, 0.3) is 10.9 Å². The number of H-pyrrole nitrogens is 1. The summed E-state index contributed by atoms with van der Waals surface area (Å²) < 4.78 is 0. The number of nitrogens with zero attached hydrogens (tertiary/aromatic N) is 1. The lowest BCUT2D eigenvalue weighted by molar-refractivity contribution is -0.148. The zero-order valence-electron chi connectivity index (χ0n) is 13.5. The molecule has 0 radical (unpaired) electrons. The van der Waals surface area contributed by atoms with Crippen molar-refractivity contribution in [2.24, 2.45) is 0 Å². The van der Waals surface area contributed by atoms with E-state index in [9.17, 15) is 14.7 Å². The Balaban J connectivity index is 1.82. The van der Waals surface area contributed by atoms with Crippen LogP contribution in [0.4, 0.5) is 0 Å². The molecular formula is C18H16ClN3O4. The second-order valence-corrected chi connectivity index (χ2v) is 6.22. The van der Waals surface area contributed by atoms with E-state index in [1.165, 1.54) is 6.20 Å². The van der Waals surface area contributed by atoms with Crippen LogP contribution in [0, 0.1) is 0 Å². The molecule has 0 bridgehead atoms. The summed E-state index contributed by atoms with van der Waals surface area (Å²) in [6.07, 6.45) is -0.0602. The van der Waals surface area contributed by atoms with E-state index in [1.54, 1.807) is 36.4 Å². The predicted octanol–water partition coefficient (Wildman–Crippen LogP) is 2.00. The number of benzene rings is 1. The van der Waals surface area contributed by atoms with Gasteiger partial charge in [0, 0.05) is 5.39 Å². The number of aromatic nitrogens is 2. The van der Waals surface area contributed by atoms with Crippen LogP contribution in [0.15, 0.2) is 48.7 Å². The Hall–Kier alpha value is -2.90. The van der Waals surface area contributed by atoms with Gasteiger partial charge in [0.05, 0.1) is 17.8 Å². The highest BCUT2D eigenvalue weighted by Gasteiger charge is 2.28. The topological polar surface area (TPSA) is 115 Å². The highest BCUT2D eigenvalue weighted by atomic mass is 35.5. The van der Waals surface area contributed by atoms with Crippen molar-refractivity contribution in [1.82, 2.24) is 15.3 Å². The van der Waals surface area contributed by atoms with Crippen molar-refractivity contribution in [3.63, 3.8) is 0 Å². The fourth-order valence-corrected chi connectivity index (χ4v) is 2.82. The van der Waals surface area contributed by atoms with Crippen LogP contribution >= 0.6 is 11.6 Å². The molecule has 0 aliphatic heterocycles. The largest absolute Gasteiger partial charge is 0.479 e. The number of hydrogen-bond donors (Lipinski definition) is 4. The molecule has 8 heteroatoms. The number of aliphatic carboxylic acids is 1. The predicted molar refractivity (Wildman–Crippen MR) is 96.1 cm³/mol. The average molecular weight is 374 g/mol. The minimum absolute atomic E-state index is 0.174. The second-order valence-electron chi connectivity index (χ2n) is 5.83. The van der Waals surface area contributed by atoms with Crippen LogP contribution in [-0.4, -0.2) is 44.2 Å². The first-order chi connectivity index (χ1) is 12.4. The normalized spacial score (nSPS) is 13.3. The quantitative estimate of drug-likeness (QED) is 0.493. The Bertz CT molecular complexity index is 942. The highest BCUT2D eigenvalue weighted by Crippen LogP contribution is 2.18. The lowest BCUT2D eigenvalue weighted by atomic mass is 10.0. The van der Waals surface area contributed by atoms with E-state index in [0.29, 0.717) is 16.1 Å². The molecule has 1 aromatic carbocycles. The van der Waals surface area contributed by atoms with Gasteiger partial charge in [0.2, 0.25) is 0 Å². The van der Waals surface area contributed by atoms with Crippen LogP contribution in [0.3, 0.4) is 0 Å². The molecule has 0 saturated heterocycles. The SMILES string of the molecule is O=C(NC(Cc1ccccc1)[C@@H](O)C(=O)O)c1cc2cc(Cl)ncc2[nH]1. The first-order valence-corrected chi connectivity index (χ1v) is 8.22. The first-order valence-electron chi connectivity index (χ1n) is 7.84. The summed E-state index contributed by atoms with van der Waals surface area (Å²) in [5.74, 6) is -1.93. The minimum atomic E-state index is -1.74. The van der Waals surface area contributed by atoms with Crippen LogP contribution in [0.2, 0.25) is 5.15 Å². The summed E-state index contributed by atoms with van der Waals surface area (Å²) in [6, 6.07) is 11.2. The number of carbonyl (C=O) groups excluding carboxylic acids is 1. The molecule has 0 spiro atoms. The molecule has 3 aromatic rings. The zero-order chi connectivity index (χ0) is 18.7. The molecule has 2 atom stereocenters. The highest BCUT2D eigenvalue weighted by molar-refractivity contribution is 6.30. The number of aliphatic hydroxyl groups is 1. The Morgan fingerprint density at radius 2 is 1.96 bits per heavy atom. The molecule has 134 valence electrons. The summed E-state index contributed by atoms with van der Waals surface area (Å²) in [6.45, 7) is 0. The number of aliphatic hydroxyl groups excluding tert-OH is 1. The van der Waals surface area contributed by atoms with Gasteiger partial charge < -0.3 is 20.5 Å². The number of aromatic amines is 1. The maximum Gasteiger partial charge on any atom is 0.334 e. The van der Waals surface area contributed by atoms with Gasteiger partial charge in [0.1, 0.15) is 10.8 Å². The number of carbonyl (C=O) groups is 2. The van der Waals surface area contributed by atoms with Crippen molar-refractivity contribution < 1.29 is 19.8 Å². The summed E-state index contributed by atoms with van der Waals surface area (Å²) >= 11 is 5.83. The summed E-state index contributed by atoms with van der Waals surface area (Å²) in [4.78, 5) is 30.6. The van der Waals surface area contributed by atoms with Gasteiger partial charge in [-0.2, -0.15) is 0 Å². The lowest BCUT2D eigenvalue weighted by Crippen LogP contribution is -2.48. The number of pyridine rings is 1. The van der Waals surface area contributed by atoms with Gasteiger partial charge in [-0.05, 0) is 24.1 Å². The Labute approximate surface area is 153 Å². The molecule has 0 aliphatic carbocycles. The molecule has 7 nitrogen and oxygen atoms in total. The smallest absolute Gasteiger partial charge is 0.334 e. The van der Waals surface area contributed by atoms with E-state index in [1.807, 2.05) is 6.07 Å². The number of amides is 1. The second kappa shape index (κ2) is 7.55. The minimum Gasteiger partial charge on any atom is -0.479 e. The van der Waals surface area contributed by atoms with Gasteiger partial charge >= 0.3 is 5.97 Å². The number of nitrogens with one attached hydrogen (secondary N) is 2. The maximum absolute atomic E-state index is 12.5. The van der Waals surface area contributed by atoms with Gasteiger partial charge in [-0.25, -0.2) is 9.78 Å². The molecule has 0 fully saturated rings. The van der Waals surface area contributed by atoms with Gasteiger partial charge in [0.15, 0.2) is 6.10 Å². The number of carboxylic acids is 1. The third kappa shape index (κ3) is 4.01. The van der Waals surface area contributed by atoms with Crippen molar-refractivity contribution in [3.05, 3.63) is 65.1 Å². The molecular weight excluding hydrogens is 358 g/mol. The number of fused-ring (bicyclic) bond motifs is 1. The fraction of sp³-hybridized carbons (Fsp3) is 0.167. The van der Waals surface area contributed by atoms with Crippen LogP contribution in [-0.2, 0) is 11.2 Å². The van der Waals surface area contributed by atoms with Gasteiger partial charge in [-0.1, -0.05) is 41.9 Å². The van der Waals surface area contributed by atoms with E-state index in [-0.39, 0.29) is 12.1 Å². The van der Waals surface area contributed by atoms with E-state index in [2.05, 4.69) is 15.3 Å². The van der Waals surface area contributed by atoms with Crippen LogP contribution in [0.1, 0.15) is 16.1 Å². The van der Waals surface area contributed by atoms with Crippen LogP contribution < -0.4 is 5.32 Å². The van der Waals surface area contributed by atoms with Crippen molar-refractivity contribution in [3.8, 4) is 0 Å². The van der Waals surface area contributed by atoms with E-state index in [0.717, 1.165) is 5.56 Å². The molecule has 2 aromatic heterocycles. The van der Waals surface area contributed by atoms with E-state index in [4.69, 9.17) is 16.7 Å². The number of hydrogen-bond acceptors (Lipinski definition) is 4. The average Bonchev–Trinajstić information content (AvgIpc) is 3.04. The van der Waals surface area contributed by atoms with E-state index < -0.39 is 24.0 Å². The number of rotatable bonds is 6. The lowest BCUT2D eigenvalue weighted by Gasteiger charge is -2.21. The maximum atomic E-state index is 12.5. The number of halogens is 1. The molecule has 3 rings (SSSR count). The molecule has 2 heterocycles. The summed E-state index contributed by atoms with van der Waals surface area (Å²) in [7, 11) is 0. The summed E-state index contributed by atoms with van der Waals surface area (Å²) in [5, 5.41) is 22.7. The Morgan fingerprint density at radius 1 is 1.23 bits per heavy atom. The number of carboxylic acid groups (broad SMARTS) is 1. The molecule has 0 saturated carbocycles. The Morgan fingerprint density at radius 3 is 2.65 bits per heavy atom. The van der Waals surface area contributed by atoms with Crippen molar-refractivity contribution in [2.75, 3.05) is 0 Å². The van der Waals surface area contributed by atoms with E-state index >= 15 is 0 Å². The van der Waals surface area contributed by atoms with Gasteiger partial charge in [-0.3, -0.25) is 4.79 Å². The van der Waals surface area contributed by atoms with Crippen molar-refractivity contribution in [1.29, 1.82) is 0 Å². The molecule has 0 aliphatic rings. The molecule has 4 N–H and O–H groups in total. The van der Waals surface area contributed by atoms with Gasteiger partial charge in [0.25, 0.3) is 5.91 Å². The third-order valence-corrected chi connectivity index (χ3v) is 4.17. The van der Waals surface area contributed by atoms with Crippen molar-refractivity contribution >= 4 is 34.4 Å². The summed E-state index contributed by atoms with van der Waals surface area (Å²) in [5.41, 5.74) is 1.64.